The molecule has 3 aromatic rings. The van der Waals surface area contributed by atoms with E-state index >= 15 is 0 Å². The van der Waals surface area contributed by atoms with Crippen molar-refractivity contribution >= 4 is 29.1 Å². The van der Waals surface area contributed by atoms with Crippen LogP contribution >= 0.6 is 12.2 Å². The molecule has 0 saturated heterocycles. The Balaban J connectivity index is 2.28. The van der Waals surface area contributed by atoms with Crippen LogP contribution in [0.2, 0.25) is 0 Å². The quantitative estimate of drug-likeness (QED) is 0.723. The summed E-state index contributed by atoms with van der Waals surface area (Å²) in [7, 11) is 0. The molecule has 7 heteroatoms. The zero-order chi connectivity index (χ0) is 15.7. The first-order valence-electron chi connectivity index (χ1n) is 6.56. The molecule has 0 aliphatic heterocycles. The molecular formula is C15H12N2O4S. The van der Waals surface area contributed by atoms with Crippen LogP contribution in [0.4, 0.5) is 0 Å². The number of carboxylic acid groups (broad SMARTS) is 1. The number of fused-ring (bicyclic) bond motifs is 1. The van der Waals surface area contributed by atoms with Gasteiger partial charge in [0, 0.05) is 0 Å². The second-order valence-corrected chi connectivity index (χ2v) is 5.17. The summed E-state index contributed by atoms with van der Waals surface area (Å²) in [5, 5.41) is 9.58. The van der Waals surface area contributed by atoms with Crippen molar-refractivity contribution in [3.63, 3.8) is 0 Å². The SMILES string of the molecule is O=C(O)CC(c1ccco1)n1c(=S)[nH]c2ccccc2c1=O. The van der Waals surface area contributed by atoms with Gasteiger partial charge in [-0.15, -0.1) is 0 Å². The molecule has 2 heterocycles. The highest BCUT2D eigenvalue weighted by atomic mass is 32.1. The molecule has 6 nitrogen and oxygen atoms in total. The molecule has 2 aromatic heterocycles. The summed E-state index contributed by atoms with van der Waals surface area (Å²) in [6, 6.07) is 9.42. The van der Waals surface area contributed by atoms with E-state index in [9.17, 15) is 9.59 Å². The molecule has 0 fully saturated rings. The average molecular weight is 316 g/mol. The molecule has 1 unspecified atom stereocenters. The van der Waals surface area contributed by atoms with Gasteiger partial charge in [0.15, 0.2) is 4.77 Å². The van der Waals surface area contributed by atoms with Crippen LogP contribution in [0.5, 0.6) is 0 Å². The topological polar surface area (TPSA) is 88.2 Å². The standard InChI is InChI=1S/C15H12N2O4S/c18-13(19)8-11(12-6-3-7-21-12)17-14(20)9-4-1-2-5-10(9)16-15(17)22/h1-7,11H,8H2,(H,16,22)(H,18,19). The summed E-state index contributed by atoms with van der Waals surface area (Å²) in [5.74, 6) is -0.671. The average Bonchev–Trinajstić information content (AvgIpc) is 3.00. The number of rotatable bonds is 4. The molecule has 3 rings (SSSR count). The summed E-state index contributed by atoms with van der Waals surface area (Å²) in [5.41, 5.74) is 0.268. The number of hydrogen-bond donors (Lipinski definition) is 2. The second-order valence-electron chi connectivity index (χ2n) is 4.78. The van der Waals surface area contributed by atoms with Gasteiger partial charge in [-0.3, -0.25) is 14.2 Å². The molecule has 0 aliphatic rings. The van der Waals surface area contributed by atoms with Gasteiger partial charge < -0.3 is 14.5 Å². The lowest BCUT2D eigenvalue weighted by Gasteiger charge is -2.16. The number of para-hydroxylation sites is 1. The zero-order valence-electron chi connectivity index (χ0n) is 11.4. The minimum atomic E-state index is -1.05. The van der Waals surface area contributed by atoms with Gasteiger partial charge in [0.2, 0.25) is 0 Å². The van der Waals surface area contributed by atoms with E-state index in [1.165, 1.54) is 10.8 Å². The summed E-state index contributed by atoms with van der Waals surface area (Å²) in [6.45, 7) is 0. The Morgan fingerprint density at radius 3 is 2.77 bits per heavy atom. The lowest BCUT2D eigenvalue weighted by atomic mass is 10.1. The van der Waals surface area contributed by atoms with Gasteiger partial charge >= 0.3 is 5.97 Å². The van der Waals surface area contributed by atoms with Crippen molar-refractivity contribution in [3.8, 4) is 0 Å². The van der Waals surface area contributed by atoms with Crippen molar-refractivity contribution < 1.29 is 14.3 Å². The Bertz CT molecular complexity index is 940. The summed E-state index contributed by atoms with van der Waals surface area (Å²) < 4.78 is 6.70. The van der Waals surface area contributed by atoms with Gasteiger partial charge in [-0.05, 0) is 36.5 Å². The van der Waals surface area contributed by atoms with Crippen LogP contribution in [0.3, 0.4) is 0 Å². The number of nitrogens with one attached hydrogen (secondary N) is 1. The van der Waals surface area contributed by atoms with Gasteiger partial charge in [0.05, 0.1) is 23.6 Å². The van der Waals surface area contributed by atoms with E-state index < -0.39 is 12.0 Å². The van der Waals surface area contributed by atoms with Gasteiger partial charge in [0.1, 0.15) is 11.8 Å². The Morgan fingerprint density at radius 2 is 2.09 bits per heavy atom. The third kappa shape index (κ3) is 2.46. The van der Waals surface area contributed by atoms with Crippen LogP contribution in [-0.2, 0) is 4.79 Å². The number of aliphatic carboxylic acids is 1. The van der Waals surface area contributed by atoms with Crippen LogP contribution < -0.4 is 5.56 Å². The van der Waals surface area contributed by atoms with Crippen molar-refractivity contribution in [1.29, 1.82) is 0 Å². The molecule has 0 bridgehead atoms. The van der Waals surface area contributed by atoms with Crippen LogP contribution in [0.1, 0.15) is 18.2 Å². The van der Waals surface area contributed by atoms with Gasteiger partial charge in [0.25, 0.3) is 5.56 Å². The van der Waals surface area contributed by atoms with Crippen molar-refractivity contribution in [3.05, 3.63) is 63.5 Å². The number of H-pyrrole nitrogens is 1. The smallest absolute Gasteiger partial charge is 0.305 e. The van der Waals surface area contributed by atoms with Crippen molar-refractivity contribution in [2.45, 2.75) is 12.5 Å². The van der Waals surface area contributed by atoms with Crippen LogP contribution in [0, 0.1) is 4.77 Å². The molecule has 22 heavy (non-hydrogen) atoms. The first-order chi connectivity index (χ1) is 10.6. The van der Waals surface area contributed by atoms with Crippen molar-refractivity contribution in [2.24, 2.45) is 0 Å². The number of carboxylic acids is 1. The Kier molecular flexibility index (Phi) is 3.64. The molecule has 0 amide bonds. The minimum Gasteiger partial charge on any atom is -0.481 e. The van der Waals surface area contributed by atoms with Crippen LogP contribution in [-0.4, -0.2) is 20.6 Å². The third-order valence-electron chi connectivity index (χ3n) is 3.39. The maximum absolute atomic E-state index is 12.7. The number of hydrogen-bond acceptors (Lipinski definition) is 4. The van der Waals surface area contributed by atoms with E-state index in [2.05, 4.69) is 4.98 Å². The van der Waals surface area contributed by atoms with Crippen molar-refractivity contribution in [2.75, 3.05) is 0 Å². The fourth-order valence-electron chi connectivity index (χ4n) is 2.42. The van der Waals surface area contributed by atoms with E-state index in [1.54, 1.807) is 36.4 Å². The molecule has 2 N–H and O–H groups in total. The molecule has 112 valence electrons. The summed E-state index contributed by atoms with van der Waals surface area (Å²) in [6.07, 6.45) is 1.13. The molecule has 0 radical (unpaired) electrons. The number of aromatic amines is 1. The molecule has 1 aromatic carbocycles. The monoisotopic (exact) mass is 316 g/mol. The highest BCUT2D eigenvalue weighted by Crippen LogP contribution is 2.22. The Hall–Kier alpha value is -2.67. The zero-order valence-corrected chi connectivity index (χ0v) is 12.2. The number of carbonyl (C=O) groups is 1. The van der Waals surface area contributed by atoms with Crippen LogP contribution in [0.25, 0.3) is 10.9 Å². The largest absolute Gasteiger partial charge is 0.481 e. The van der Waals surface area contributed by atoms with Gasteiger partial charge in [-0.25, -0.2) is 0 Å². The minimum absolute atomic E-state index is 0.159. The molecule has 1 atom stereocenters. The number of furan rings is 1. The summed E-state index contributed by atoms with van der Waals surface area (Å²) in [4.78, 5) is 26.8. The first kappa shape index (κ1) is 14.3. The van der Waals surface area contributed by atoms with Crippen LogP contribution in [0.15, 0.2) is 51.9 Å². The predicted octanol–water partition coefficient (Wildman–Crippen LogP) is 2.72. The highest BCUT2D eigenvalue weighted by Gasteiger charge is 2.23. The van der Waals surface area contributed by atoms with Gasteiger partial charge in [-0.1, -0.05) is 12.1 Å². The number of aromatic nitrogens is 2. The molecule has 0 aliphatic carbocycles. The van der Waals surface area contributed by atoms with E-state index in [0.29, 0.717) is 16.7 Å². The Labute approximate surface area is 129 Å². The Morgan fingerprint density at radius 1 is 1.32 bits per heavy atom. The number of nitrogens with zero attached hydrogens (tertiary/aromatic N) is 1. The molecule has 0 spiro atoms. The lowest BCUT2D eigenvalue weighted by molar-refractivity contribution is -0.137. The lowest BCUT2D eigenvalue weighted by Crippen LogP contribution is -2.28. The first-order valence-corrected chi connectivity index (χ1v) is 6.97. The normalized spacial score (nSPS) is 12.4. The van der Waals surface area contributed by atoms with Gasteiger partial charge in [-0.2, -0.15) is 0 Å². The fourth-order valence-corrected chi connectivity index (χ4v) is 2.74. The molecular weight excluding hydrogens is 304 g/mol. The fraction of sp³-hybridized carbons (Fsp3) is 0.133. The maximum atomic E-state index is 12.7. The number of benzene rings is 1. The third-order valence-corrected chi connectivity index (χ3v) is 3.69. The van der Waals surface area contributed by atoms with E-state index in [0.717, 1.165) is 0 Å². The van der Waals surface area contributed by atoms with Crippen molar-refractivity contribution in [1.82, 2.24) is 9.55 Å². The van der Waals surface area contributed by atoms with E-state index in [-0.39, 0.29) is 16.8 Å². The molecule has 0 saturated carbocycles. The second kappa shape index (κ2) is 5.61. The maximum Gasteiger partial charge on any atom is 0.305 e. The highest BCUT2D eigenvalue weighted by molar-refractivity contribution is 7.71. The van der Waals surface area contributed by atoms with E-state index in [1.807, 2.05) is 0 Å². The predicted molar refractivity (Wildman–Crippen MR) is 82.5 cm³/mol. The summed E-state index contributed by atoms with van der Waals surface area (Å²) >= 11 is 5.24. The van der Waals surface area contributed by atoms with E-state index in [4.69, 9.17) is 21.7 Å².